The summed E-state index contributed by atoms with van der Waals surface area (Å²) in [6.45, 7) is 1.89. The molecule has 0 aliphatic heterocycles. The second kappa shape index (κ2) is 5.81. The molecule has 0 fully saturated rings. The smallest absolute Gasteiger partial charge is 0.245 e. The van der Waals surface area contributed by atoms with Gasteiger partial charge in [-0.3, -0.25) is 0 Å². The zero-order valence-electron chi connectivity index (χ0n) is 9.65. The molecule has 98 valence electrons. The molecule has 0 aromatic heterocycles. The van der Waals surface area contributed by atoms with Crippen molar-refractivity contribution in [1.82, 2.24) is 4.31 Å². The lowest BCUT2D eigenvalue weighted by Crippen LogP contribution is -2.31. The number of nitrogens with zero attached hydrogens (tertiary/aromatic N) is 1. The molecular formula is C11H12Cl2N2O2S. The first-order valence-electron chi connectivity index (χ1n) is 5.03. The van der Waals surface area contributed by atoms with E-state index in [1.807, 2.05) is 0 Å². The van der Waals surface area contributed by atoms with Crippen LogP contribution >= 0.6 is 23.2 Å². The molecule has 0 aliphatic rings. The molecule has 0 saturated heterocycles. The second-order valence-corrected chi connectivity index (χ2v) is 6.10. The number of terminal acetylenes is 1. The number of benzene rings is 1. The van der Waals surface area contributed by atoms with Crippen molar-refractivity contribution < 1.29 is 8.42 Å². The maximum Gasteiger partial charge on any atom is 0.245 e. The van der Waals surface area contributed by atoms with Gasteiger partial charge in [0.05, 0.1) is 22.3 Å². The van der Waals surface area contributed by atoms with Crippen LogP contribution in [-0.2, 0) is 10.0 Å². The lowest BCUT2D eigenvalue weighted by atomic mass is 10.3. The van der Waals surface area contributed by atoms with Crippen molar-refractivity contribution >= 4 is 38.9 Å². The molecule has 0 heterocycles. The van der Waals surface area contributed by atoms with E-state index in [1.165, 1.54) is 12.1 Å². The number of nitrogens with two attached hydrogens (primary N) is 1. The third-order valence-corrected chi connectivity index (χ3v) is 5.14. The molecule has 1 aromatic carbocycles. The number of anilines is 1. The van der Waals surface area contributed by atoms with E-state index in [2.05, 4.69) is 5.92 Å². The Morgan fingerprint density at radius 3 is 2.56 bits per heavy atom. The number of sulfonamides is 1. The molecule has 7 heteroatoms. The van der Waals surface area contributed by atoms with E-state index in [-0.39, 0.29) is 33.7 Å². The quantitative estimate of drug-likeness (QED) is 0.685. The highest BCUT2D eigenvalue weighted by atomic mass is 35.5. The van der Waals surface area contributed by atoms with Crippen molar-refractivity contribution in [3.63, 3.8) is 0 Å². The van der Waals surface area contributed by atoms with Gasteiger partial charge >= 0.3 is 0 Å². The van der Waals surface area contributed by atoms with Gasteiger partial charge in [-0.15, -0.1) is 6.42 Å². The predicted molar refractivity (Wildman–Crippen MR) is 74.1 cm³/mol. The maximum absolute atomic E-state index is 12.3. The van der Waals surface area contributed by atoms with E-state index in [4.69, 9.17) is 35.4 Å². The molecule has 0 saturated carbocycles. The van der Waals surface area contributed by atoms with E-state index in [0.717, 1.165) is 4.31 Å². The van der Waals surface area contributed by atoms with Crippen LogP contribution in [0.4, 0.5) is 5.69 Å². The van der Waals surface area contributed by atoms with Crippen LogP contribution in [-0.4, -0.2) is 25.8 Å². The molecule has 0 radical (unpaired) electrons. The summed E-state index contributed by atoms with van der Waals surface area (Å²) in [7, 11) is -3.76. The molecule has 0 unspecified atom stereocenters. The summed E-state index contributed by atoms with van der Waals surface area (Å²) in [5.41, 5.74) is 5.65. The van der Waals surface area contributed by atoms with E-state index >= 15 is 0 Å². The monoisotopic (exact) mass is 306 g/mol. The van der Waals surface area contributed by atoms with Gasteiger partial charge in [0.1, 0.15) is 4.90 Å². The van der Waals surface area contributed by atoms with E-state index in [1.54, 1.807) is 6.92 Å². The van der Waals surface area contributed by atoms with E-state index < -0.39 is 10.0 Å². The normalized spacial score (nSPS) is 11.5. The first-order valence-corrected chi connectivity index (χ1v) is 7.23. The van der Waals surface area contributed by atoms with Gasteiger partial charge in [0.2, 0.25) is 10.0 Å². The van der Waals surface area contributed by atoms with Gasteiger partial charge in [-0.05, 0) is 12.1 Å². The minimum Gasteiger partial charge on any atom is -0.396 e. The summed E-state index contributed by atoms with van der Waals surface area (Å²) in [6, 6.07) is 2.70. The van der Waals surface area contributed by atoms with Gasteiger partial charge in [-0.25, -0.2) is 8.42 Å². The highest BCUT2D eigenvalue weighted by Crippen LogP contribution is 2.34. The zero-order valence-corrected chi connectivity index (χ0v) is 12.0. The SMILES string of the molecule is C#CCN(CC)S(=O)(=O)c1ccc(Cl)c(N)c1Cl. The van der Waals surface area contributed by atoms with Gasteiger partial charge in [0.25, 0.3) is 0 Å². The topological polar surface area (TPSA) is 63.4 Å². The highest BCUT2D eigenvalue weighted by molar-refractivity contribution is 7.89. The fourth-order valence-corrected chi connectivity index (χ4v) is 3.46. The zero-order chi connectivity index (χ0) is 13.9. The summed E-state index contributed by atoms with van der Waals surface area (Å²) < 4.78 is 25.7. The molecule has 0 amide bonds. The Morgan fingerprint density at radius 2 is 2.06 bits per heavy atom. The second-order valence-electron chi connectivity index (χ2n) is 3.41. The van der Waals surface area contributed by atoms with Gasteiger partial charge in [-0.1, -0.05) is 36.0 Å². The van der Waals surface area contributed by atoms with Crippen LogP contribution < -0.4 is 5.73 Å². The average molecular weight is 307 g/mol. The number of rotatable bonds is 4. The highest BCUT2D eigenvalue weighted by Gasteiger charge is 2.26. The Kier molecular flexibility index (Phi) is 4.88. The van der Waals surface area contributed by atoms with Crippen LogP contribution in [0.2, 0.25) is 10.0 Å². The van der Waals surface area contributed by atoms with Gasteiger partial charge in [-0.2, -0.15) is 4.31 Å². The number of hydrogen-bond acceptors (Lipinski definition) is 3. The summed E-state index contributed by atoms with van der Waals surface area (Å²) >= 11 is 11.7. The molecule has 0 aliphatic carbocycles. The van der Waals surface area contributed by atoms with Crippen LogP contribution in [0.5, 0.6) is 0 Å². The number of halogens is 2. The van der Waals surface area contributed by atoms with Crippen molar-refractivity contribution in [1.29, 1.82) is 0 Å². The van der Waals surface area contributed by atoms with Crippen LogP contribution in [0, 0.1) is 12.3 Å². The minimum absolute atomic E-state index is 0.0301. The molecular weight excluding hydrogens is 295 g/mol. The predicted octanol–water partition coefficient (Wildman–Crippen LogP) is 2.22. The lowest BCUT2D eigenvalue weighted by molar-refractivity contribution is 0.464. The van der Waals surface area contributed by atoms with Crippen molar-refractivity contribution in [2.75, 3.05) is 18.8 Å². The van der Waals surface area contributed by atoms with Crippen LogP contribution in [0.1, 0.15) is 6.92 Å². The first kappa shape index (κ1) is 15.1. The van der Waals surface area contributed by atoms with Crippen molar-refractivity contribution in [2.45, 2.75) is 11.8 Å². The molecule has 1 rings (SSSR count). The Bertz CT molecular complexity index is 594. The van der Waals surface area contributed by atoms with E-state index in [9.17, 15) is 8.42 Å². The molecule has 0 bridgehead atoms. The maximum atomic E-state index is 12.3. The molecule has 18 heavy (non-hydrogen) atoms. The Labute approximate surface area is 117 Å². The Balaban J connectivity index is 3.38. The first-order chi connectivity index (χ1) is 8.36. The lowest BCUT2D eigenvalue weighted by Gasteiger charge is -2.19. The van der Waals surface area contributed by atoms with Gasteiger partial charge < -0.3 is 5.73 Å². The third kappa shape index (κ3) is 2.73. The number of hydrogen-bond donors (Lipinski definition) is 1. The molecule has 4 nitrogen and oxygen atoms in total. The Hall–Kier alpha value is -0.930. The summed E-state index contributed by atoms with van der Waals surface area (Å²) in [5.74, 6) is 2.29. The molecule has 1 aromatic rings. The van der Waals surface area contributed by atoms with Crippen LogP contribution in [0.25, 0.3) is 0 Å². The largest absolute Gasteiger partial charge is 0.396 e. The number of nitrogen functional groups attached to an aromatic ring is 1. The average Bonchev–Trinajstić information content (AvgIpc) is 2.32. The van der Waals surface area contributed by atoms with Crippen molar-refractivity contribution in [3.05, 3.63) is 22.2 Å². The Morgan fingerprint density at radius 1 is 1.44 bits per heavy atom. The van der Waals surface area contributed by atoms with E-state index in [0.29, 0.717) is 0 Å². The fraction of sp³-hybridized carbons (Fsp3) is 0.273. The van der Waals surface area contributed by atoms with Crippen LogP contribution in [0.3, 0.4) is 0 Å². The van der Waals surface area contributed by atoms with Crippen molar-refractivity contribution in [2.24, 2.45) is 0 Å². The summed E-state index contributed by atoms with van der Waals surface area (Å²) in [4.78, 5) is -0.0943. The van der Waals surface area contributed by atoms with Crippen LogP contribution in [0.15, 0.2) is 17.0 Å². The van der Waals surface area contributed by atoms with Crippen molar-refractivity contribution in [3.8, 4) is 12.3 Å². The standard InChI is InChI=1S/C11H12Cl2N2O2S/c1-3-7-15(4-2)18(16,17)9-6-5-8(12)11(14)10(9)13/h1,5-6H,4,7,14H2,2H3. The molecule has 0 atom stereocenters. The summed E-state index contributed by atoms with van der Waals surface area (Å²) in [5, 5.41) is 0.122. The fourth-order valence-electron chi connectivity index (χ4n) is 1.36. The van der Waals surface area contributed by atoms with Gasteiger partial charge in [0.15, 0.2) is 0 Å². The third-order valence-electron chi connectivity index (χ3n) is 2.33. The minimum atomic E-state index is -3.76. The molecule has 0 spiro atoms. The summed E-state index contributed by atoms with van der Waals surface area (Å²) in [6.07, 6.45) is 5.14. The molecule has 2 N–H and O–H groups in total. The van der Waals surface area contributed by atoms with Gasteiger partial charge in [0, 0.05) is 6.54 Å².